The van der Waals surface area contributed by atoms with Crippen LogP contribution < -0.4 is 19.5 Å². The smallest absolute Gasteiger partial charge is 0.263 e. The number of carbonyl (C=O) groups excluding carboxylic acids is 1. The molecule has 182 valence electrons. The molecule has 2 heterocycles. The van der Waals surface area contributed by atoms with E-state index in [0.29, 0.717) is 20.7 Å². The standard InChI is InChI=1S/C30H21NO4S2/c32-29-27(37-30(36)31-29)17-23-15-21(22-12-14-25-26(16-22)34-18-33-25)11-13-24(23)35-28(19-7-3-1-4-8-19)20-9-5-2-6-10-20/h1-17,28H,18H2,(H,31,32,36)/b27-17+. The lowest BCUT2D eigenvalue weighted by molar-refractivity contribution is -0.115. The summed E-state index contributed by atoms with van der Waals surface area (Å²) >= 11 is 6.45. The van der Waals surface area contributed by atoms with Gasteiger partial charge >= 0.3 is 0 Å². The predicted molar refractivity (Wildman–Crippen MR) is 150 cm³/mol. The topological polar surface area (TPSA) is 56.8 Å². The fraction of sp³-hybridized carbons (Fsp3) is 0.0667. The fourth-order valence-corrected chi connectivity index (χ4v) is 5.33. The number of amides is 1. The van der Waals surface area contributed by atoms with E-state index < -0.39 is 0 Å². The Bertz CT molecular complexity index is 1480. The number of benzene rings is 4. The summed E-state index contributed by atoms with van der Waals surface area (Å²) in [5.74, 6) is 1.88. The van der Waals surface area contributed by atoms with Crippen molar-refractivity contribution in [3.8, 4) is 28.4 Å². The highest BCUT2D eigenvalue weighted by Gasteiger charge is 2.24. The molecule has 4 aromatic carbocycles. The summed E-state index contributed by atoms with van der Waals surface area (Å²) in [5.41, 5.74) is 4.76. The Morgan fingerprint density at radius 1 is 0.838 bits per heavy atom. The van der Waals surface area contributed by atoms with E-state index in [1.807, 2.05) is 78.9 Å². The maximum atomic E-state index is 12.5. The monoisotopic (exact) mass is 523 g/mol. The molecule has 2 aliphatic rings. The summed E-state index contributed by atoms with van der Waals surface area (Å²) in [4.78, 5) is 13.0. The normalized spacial score (nSPS) is 15.3. The van der Waals surface area contributed by atoms with Crippen LogP contribution in [0.5, 0.6) is 17.2 Å². The van der Waals surface area contributed by atoms with Gasteiger partial charge in [-0.05, 0) is 52.6 Å². The predicted octanol–water partition coefficient (Wildman–Crippen LogP) is 6.74. The molecule has 1 amide bonds. The molecule has 0 aliphatic carbocycles. The molecule has 0 spiro atoms. The highest BCUT2D eigenvalue weighted by molar-refractivity contribution is 8.26. The molecule has 7 heteroatoms. The maximum absolute atomic E-state index is 12.5. The Balaban J connectivity index is 1.44. The quantitative estimate of drug-likeness (QED) is 0.223. The molecule has 0 saturated carbocycles. The lowest BCUT2D eigenvalue weighted by Gasteiger charge is -2.22. The SMILES string of the molecule is O=C1NC(=S)S/C1=C/c1cc(-c2ccc3c(c2)OCO3)ccc1OC(c1ccccc1)c1ccccc1. The Hall–Kier alpha value is -4.07. The Morgan fingerprint density at radius 3 is 2.16 bits per heavy atom. The third-order valence-electron chi connectivity index (χ3n) is 6.09. The molecule has 37 heavy (non-hydrogen) atoms. The lowest BCUT2D eigenvalue weighted by Crippen LogP contribution is -2.17. The van der Waals surface area contributed by atoms with Gasteiger partial charge in [-0.3, -0.25) is 4.79 Å². The molecule has 1 N–H and O–H groups in total. The zero-order chi connectivity index (χ0) is 25.2. The molecule has 0 bridgehead atoms. The fourth-order valence-electron chi connectivity index (χ4n) is 4.30. The van der Waals surface area contributed by atoms with E-state index in [1.165, 1.54) is 11.8 Å². The number of thioether (sulfide) groups is 1. The van der Waals surface area contributed by atoms with E-state index in [-0.39, 0.29) is 18.8 Å². The molecule has 1 saturated heterocycles. The Morgan fingerprint density at radius 2 is 1.49 bits per heavy atom. The van der Waals surface area contributed by atoms with Crippen LogP contribution in [0.2, 0.25) is 0 Å². The number of hydrogen-bond donors (Lipinski definition) is 1. The summed E-state index contributed by atoms with van der Waals surface area (Å²) in [5, 5.41) is 2.69. The van der Waals surface area contributed by atoms with Gasteiger partial charge in [0.25, 0.3) is 5.91 Å². The summed E-state index contributed by atoms with van der Waals surface area (Å²) in [6, 6.07) is 32.0. The Labute approximate surface area is 224 Å². The van der Waals surface area contributed by atoms with Gasteiger partial charge in [-0.15, -0.1) is 0 Å². The van der Waals surface area contributed by atoms with E-state index in [1.54, 1.807) is 0 Å². The first kappa shape index (κ1) is 23.3. The van der Waals surface area contributed by atoms with Gasteiger partial charge in [0, 0.05) is 5.56 Å². The number of nitrogens with one attached hydrogen (secondary N) is 1. The van der Waals surface area contributed by atoms with Crippen molar-refractivity contribution in [2.75, 3.05) is 6.79 Å². The molecule has 0 radical (unpaired) electrons. The first-order valence-electron chi connectivity index (χ1n) is 11.7. The second-order valence-corrected chi connectivity index (χ2v) is 10.2. The second-order valence-electron chi connectivity index (χ2n) is 8.49. The molecule has 6 rings (SSSR count). The van der Waals surface area contributed by atoms with Gasteiger partial charge in [-0.2, -0.15) is 0 Å². The van der Waals surface area contributed by atoms with Gasteiger partial charge in [0.1, 0.15) is 16.2 Å². The van der Waals surface area contributed by atoms with Gasteiger partial charge in [0.05, 0.1) is 4.91 Å². The molecule has 5 nitrogen and oxygen atoms in total. The summed E-state index contributed by atoms with van der Waals surface area (Å²) < 4.78 is 18.2. The zero-order valence-electron chi connectivity index (χ0n) is 19.5. The van der Waals surface area contributed by atoms with E-state index in [4.69, 9.17) is 26.4 Å². The molecule has 0 unspecified atom stereocenters. The van der Waals surface area contributed by atoms with Crippen molar-refractivity contribution >= 4 is 40.3 Å². The first-order valence-corrected chi connectivity index (χ1v) is 12.9. The van der Waals surface area contributed by atoms with E-state index >= 15 is 0 Å². The van der Waals surface area contributed by atoms with Crippen LogP contribution in [0, 0.1) is 0 Å². The number of thiocarbonyl (C=S) groups is 1. The number of carbonyl (C=O) groups is 1. The average Bonchev–Trinajstić information content (AvgIpc) is 3.53. The van der Waals surface area contributed by atoms with Crippen molar-refractivity contribution in [3.05, 3.63) is 119 Å². The van der Waals surface area contributed by atoms with Crippen LogP contribution in [-0.2, 0) is 4.79 Å². The minimum Gasteiger partial charge on any atom is -0.480 e. The second kappa shape index (κ2) is 10.1. The summed E-state index contributed by atoms with van der Waals surface area (Å²) in [6.07, 6.45) is 1.50. The average molecular weight is 524 g/mol. The third-order valence-corrected chi connectivity index (χ3v) is 7.26. The van der Waals surface area contributed by atoms with Crippen LogP contribution in [0.15, 0.2) is 102 Å². The van der Waals surface area contributed by atoms with Crippen molar-refractivity contribution in [2.45, 2.75) is 6.10 Å². The Kier molecular flexibility index (Phi) is 6.39. The number of fused-ring (bicyclic) bond motifs is 1. The molecular weight excluding hydrogens is 502 g/mol. The minimum absolute atomic E-state index is 0.211. The van der Waals surface area contributed by atoms with Crippen molar-refractivity contribution < 1.29 is 19.0 Å². The van der Waals surface area contributed by atoms with Crippen LogP contribution >= 0.6 is 24.0 Å². The lowest BCUT2D eigenvalue weighted by atomic mass is 9.99. The molecule has 0 atom stereocenters. The van der Waals surface area contributed by atoms with Gasteiger partial charge < -0.3 is 19.5 Å². The number of hydrogen-bond acceptors (Lipinski definition) is 6. The van der Waals surface area contributed by atoms with Crippen molar-refractivity contribution in [1.82, 2.24) is 5.32 Å². The third kappa shape index (κ3) is 4.96. The van der Waals surface area contributed by atoms with E-state index in [0.717, 1.165) is 33.6 Å². The van der Waals surface area contributed by atoms with Crippen LogP contribution in [0.4, 0.5) is 0 Å². The van der Waals surface area contributed by atoms with Gasteiger partial charge in [-0.25, -0.2) is 0 Å². The van der Waals surface area contributed by atoms with Crippen molar-refractivity contribution in [2.24, 2.45) is 0 Å². The molecule has 0 aromatic heterocycles. The van der Waals surface area contributed by atoms with Crippen LogP contribution in [0.3, 0.4) is 0 Å². The zero-order valence-corrected chi connectivity index (χ0v) is 21.2. The molecule has 2 aliphatic heterocycles. The van der Waals surface area contributed by atoms with Crippen LogP contribution in [0.25, 0.3) is 17.2 Å². The largest absolute Gasteiger partial charge is 0.480 e. The van der Waals surface area contributed by atoms with Gasteiger partial charge in [0.15, 0.2) is 11.5 Å². The minimum atomic E-state index is -0.331. The van der Waals surface area contributed by atoms with Gasteiger partial charge in [-0.1, -0.05) is 96.8 Å². The highest BCUT2D eigenvalue weighted by Crippen LogP contribution is 2.39. The maximum Gasteiger partial charge on any atom is 0.263 e. The van der Waals surface area contributed by atoms with Crippen LogP contribution in [0.1, 0.15) is 22.8 Å². The van der Waals surface area contributed by atoms with Gasteiger partial charge in [0.2, 0.25) is 6.79 Å². The first-order chi connectivity index (χ1) is 18.1. The summed E-state index contributed by atoms with van der Waals surface area (Å²) in [7, 11) is 0. The summed E-state index contributed by atoms with van der Waals surface area (Å²) in [6.45, 7) is 0.218. The molecule has 4 aromatic rings. The van der Waals surface area contributed by atoms with E-state index in [2.05, 4.69) is 29.6 Å². The van der Waals surface area contributed by atoms with Crippen LogP contribution in [-0.4, -0.2) is 17.0 Å². The van der Waals surface area contributed by atoms with Crippen molar-refractivity contribution in [1.29, 1.82) is 0 Å². The molecule has 1 fully saturated rings. The van der Waals surface area contributed by atoms with E-state index in [9.17, 15) is 4.79 Å². The highest BCUT2D eigenvalue weighted by atomic mass is 32.2. The molecular formula is C30H21NO4S2. The number of ether oxygens (including phenoxy) is 3. The number of rotatable bonds is 6. The van der Waals surface area contributed by atoms with Crippen molar-refractivity contribution in [3.63, 3.8) is 0 Å².